The summed E-state index contributed by atoms with van der Waals surface area (Å²) in [7, 11) is 0. The number of ether oxygens (including phenoxy) is 1. The lowest BCUT2D eigenvalue weighted by Crippen LogP contribution is -2.81. The van der Waals surface area contributed by atoms with Crippen molar-refractivity contribution in [2.24, 2.45) is 5.92 Å². The monoisotopic (exact) mass is 414 g/mol. The van der Waals surface area contributed by atoms with Crippen LogP contribution in [0.4, 0.5) is 5.13 Å². The second-order valence-corrected chi connectivity index (χ2v) is 9.10. The fourth-order valence-corrected chi connectivity index (χ4v) is 5.98. The lowest BCUT2D eigenvalue weighted by Gasteiger charge is -2.57. The van der Waals surface area contributed by atoms with Gasteiger partial charge in [-0.15, -0.1) is 23.1 Å². The number of hydrogen-bond acceptors (Lipinski definition) is 10. The molecule has 3 saturated heterocycles. The molecule has 10 nitrogen and oxygen atoms in total. The van der Waals surface area contributed by atoms with Gasteiger partial charge < -0.3 is 20.7 Å². The van der Waals surface area contributed by atoms with Crippen LogP contribution in [-0.4, -0.2) is 66.6 Å². The standard InChI is InChI=1S/C15H18N4O6S2/c1-14(24,3-7-5-27-13(16)17-7)18-9-10(21)19-11(9)26-4-6-2-8(20)25-15(6,19)12(22)23/h5-6,9,11,18,24H,2-4H2,1H3,(H2,16,17)(H,22,23)/t6-,9+,11+,14?,15+/m0/s1. The molecule has 0 saturated carbocycles. The van der Waals surface area contributed by atoms with Crippen molar-refractivity contribution in [1.29, 1.82) is 0 Å². The molecule has 3 aliphatic heterocycles. The first kappa shape index (κ1) is 18.5. The summed E-state index contributed by atoms with van der Waals surface area (Å²) in [6.07, 6.45) is 0.0976. The molecule has 3 fully saturated rings. The van der Waals surface area contributed by atoms with E-state index < -0.39 is 46.6 Å². The zero-order valence-electron chi connectivity index (χ0n) is 14.2. The van der Waals surface area contributed by atoms with Gasteiger partial charge in [-0.3, -0.25) is 19.8 Å². The third-order valence-corrected chi connectivity index (χ3v) is 7.11. The van der Waals surface area contributed by atoms with Crippen molar-refractivity contribution in [3.63, 3.8) is 0 Å². The number of hydrogen-bond donors (Lipinski definition) is 4. The quantitative estimate of drug-likeness (QED) is 0.273. The van der Waals surface area contributed by atoms with Gasteiger partial charge in [0.15, 0.2) is 5.13 Å². The van der Waals surface area contributed by atoms with Crippen molar-refractivity contribution in [2.45, 2.75) is 42.6 Å². The summed E-state index contributed by atoms with van der Waals surface area (Å²) in [4.78, 5) is 41.6. The topological polar surface area (TPSA) is 155 Å². The van der Waals surface area contributed by atoms with E-state index in [0.29, 0.717) is 16.6 Å². The van der Waals surface area contributed by atoms with E-state index >= 15 is 0 Å². The van der Waals surface area contributed by atoms with Crippen LogP contribution in [0.15, 0.2) is 5.38 Å². The molecule has 12 heteroatoms. The Morgan fingerprint density at radius 2 is 2.33 bits per heavy atom. The number of anilines is 1. The predicted molar refractivity (Wildman–Crippen MR) is 95.4 cm³/mol. The van der Waals surface area contributed by atoms with Gasteiger partial charge in [-0.2, -0.15) is 0 Å². The first-order valence-corrected chi connectivity index (χ1v) is 10.2. The van der Waals surface area contributed by atoms with Crippen LogP contribution in [0.3, 0.4) is 0 Å². The number of esters is 1. The summed E-state index contributed by atoms with van der Waals surface area (Å²) in [6, 6.07) is -0.794. The van der Waals surface area contributed by atoms with Crippen molar-refractivity contribution in [3.8, 4) is 0 Å². The van der Waals surface area contributed by atoms with Crippen LogP contribution in [0.1, 0.15) is 19.0 Å². The van der Waals surface area contributed by atoms with Crippen molar-refractivity contribution < 1.29 is 29.3 Å². The van der Waals surface area contributed by atoms with Crippen LogP contribution in [0, 0.1) is 5.92 Å². The Kier molecular flexibility index (Phi) is 4.14. The van der Waals surface area contributed by atoms with Crippen LogP contribution in [0.5, 0.6) is 0 Å². The number of fused-ring (bicyclic) bond motifs is 3. The SMILES string of the molecule is CC(O)(Cc1csc(N)n1)N[C@@H]1C(=O)N2[C@@H]1SC[C@@H]1CC(=O)O[C@@]12C(=O)O. The zero-order chi connectivity index (χ0) is 19.6. The maximum Gasteiger partial charge on any atom is 0.370 e. The van der Waals surface area contributed by atoms with Crippen LogP contribution in [0.2, 0.25) is 0 Å². The fraction of sp³-hybridized carbons (Fsp3) is 0.600. The molecule has 1 unspecified atom stereocenters. The lowest BCUT2D eigenvalue weighted by molar-refractivity contribution is -0.218. The second kappa shape index (κ2) is 6.06. The number of β-lactam (4-membered cyclic amide) rings is 1. The number of aliphatic hydroxyl groups is 1. The summed E-state index contributed by atoms with van der Waals surface area (Å²) in [5.74, 6) is -2.71. The molecule has 0 radical (unpaired) electrons. The number of aromatic nitrogens is 1. The van der Waals surface area contributed by atoms with Crippen molar-refractivity contribution in [3.05, 3.63) is 11.1 Å². The highest BCUT2D eigenvalue weighted by molar-refractivity contribution is 8.00. The van der Waals surface area contributed by atoms with Crippen molar-refractivity contribution >= 4 is 46.1 Å². The maximum atomic E-state index is 12.7. The molecule has 146 valence electrons. The highest BCUT2D eigenvalue weighted by Gasteiger charge is 2.71. The van der Waals surface area contributed by atoms with E-state index in [-0.39, 0.29) is 12.8 Å². The number of nitrogens with two attached hydrogens (primary N) is 1. The third kappa shape index (κ3) is 2.78. The number of carboxylic acids is 1. The maximum absolute atomic E-state index is 12.7. The second-order valence-electron chi connectivity index (χ2n) is 7.06. The van der Waals surface area contributed by atoms with E-state index in [1.807, 2.05) is 0 Å². The van der Waals surface area contributed by atoms with E-state index in [1.165, 1.54) is 30.0 Å². The molecule has 1 amide bonds. The molecule has 4 heterocycles. The van der Waals surface area contributed by atoms with Gasteiger partial charge >= 0.3 is 11.9 Å². The number of amides is 1. The van der Waals surface area contributed by atoms with Gasteiger partial charge in [0, 0.05) is 23.5 Å². The zero-order valence-corrected chi connectivity index (χ0v) is 15.9. The molecular weight excluding hydrogens is 396 g/mol. The Morgan fingerprint density at radius 1 is 1.59 bits per heavy atom. The number of nitrogens with one attached hydrogen (secondary N) is 1. The molecule has 0 spiro atoms. The molecule has 27 heavy (non-hydrogen) atoms. The largest absolute Gasteiger partial charge is 0.477 e. The van der Waals surface area contributed by atoms with Gasteiger partial charge in [0.05, 0.1) is 12.1 Å². The summed E-state index contributed by atoms with van der Waals surface area (Å²) >= 11 is 2.62. The molecular formula is C15H18N4O6S2. The molecule has 0 bridgehead atoms. The molecule has 3 aliphatic rings. The van der Waals surface area contributed by atoms with E-state index in [1.54, 1.807) is 5.38 Å². The number of aliphatic carboxylic acids is 1. The fourth-order valence-electron chi connectivity index (χ4n) is 3.86. The van der Waals surface area contributed by atoms with Crippen LogP contribution in [0.25, 0.3) is 0 Å². The molecule has 5 atom stereocenters. The van der Waals surface area contributed by atoms with Gasteiger partial charge in [-0.05, 0) is 6.92 Å². The van der Waals surface area contributed by atoms with Gasteiger partial charge in [-0.1, -0.05) is 0 Å². The molecule has 0 aromatic carbocycles. The van der Waals surface area contributed by atoms with Gasteiger partial charge in [-0.25, -0.2) is 9.78 Å². The lowest BCUT2D eigenvalue weighted by atomic mass is 9.89. The average Bonchev–Trinajstić information content (AvgIpc) is 3.13. The van der Waals surface area contributed by atoms with E-state index in [9.17, 15) is 24.6 Å². The van der Waals surface area contributed by atoms with Crippen LogP contribution < -0.4 is 11.1 Å². The Balaban J connectivity index is 1.52. The summed E-state index contributed by atoms with van der Waals surface area (Å²) in [5.41, 5.74) is 2.78. The Bertz CT molecular complexity index is 829. The normalized spacial score (nSPS) is 34.3. The number of rotatable bonds is 5. The van der Waals surface area contributed by atoms with Crippen molar-refractivity contribution in [1.82, 2.24) is 15.2 Å². The van der Waals surface area contributed by atoms with Crippen LogP contribution >= 0.6 is 23.1 Å². The molecule has 1 aromatic rings. The van der Waals surface area contributed by atoms with Crippen molar-refractivity contribution in [2.75, 3.05) is 11.5 Å². The summed E-state index contributed by atoms with van der Waals surface area (Å²) in [6.45, 7) is 1.51. The number of thiazole rings is 1. The highest BCUT2D eigenvalue weighted by atomic mass is 32.2. The Morgan fingerprint density at radius 3 is 2.96 bits per heavy atom. The molecule has 4 rings (SSSR count). The minimum absolute atomic E-state index is 0.0309. The van der Waals surface area contributed by atoms with E-state index in [2.05, 4.69) is 10.3 Å². The first-order chi connectivity index (χ1) is 12.6. The van der Waals surface area contributed by atoms with Gasteiger partial charge in [0.2, 0.25) is 5.91 Å². The minimum Gasteiger partial charge on any atom is -0.477 e. The predicted octanol–water partition coefficient (Wildman–Crippen LogP) is -0.806. The summed E-state index contributed by atoms with van der Waals surface area (Å²) < 4.78 is 5.14. The Labute approximate surface area is 162 Å². The summed E-state index contributed by atoms with van der Waals surface area (Å²) in [5, 5.41) is 24.8. The number of thioether (sulfide) groups is 1. The average molecular weight is 414 g/mol. The molecule has 5 N–H and O–H groups in total. The smallest absolute Gasteiger partial charge is 0.370 e. The van der Waals surface area contributed by atoms with Crippen LogP contribution in [-0.2, 0) is 25.5 Å². The van der Waals surface area contributed by atoms with E-state index in [4.69, 9.17) is 10.5 Å². The third-order valence-electron chi connectivity index (χ3n) is 4.97. The molecule has 1 aromatic heterocycles. The number of carbonyl (C=O) groups excluding carboxylic acids is 2. The number of carbonyl (C=O) groups is 3. The highest BCUT2D eigenvalue weighted by Crippen LogP contribution is 2.51. The number of nitrogens with zero attached hydrogens (tertiary/aromatic N) is 2. The Hall–Kier alpha value is -1.89. The number of nitrogen functional groups attached to an aromatic ring is 1. The van der Waals surface area contributed by atoms with E-state index in [0.717, 1.165) is 4.90 Å². The van der Waals surface area contributed by atoms with Gasteiger partial charge in [0.25, 0.3) is 5.72 Å². The number of carboxylic acid groups (broad SMARTS) is 1. The van der Waals surface area contributed by atoms with Gasteiger partial charge in [0.1, 0.15) is 17.1 Å². The molecule has 0 aliphatic carbocycles. The first-order valence-electron chi connectivity index (χ1n) is 8.24. The minimum atomic E-state index is -1.95.